The minimum Gasteiger partial charge on any atom is -0.464 e. The fourth-order valence-electron chi connectivity index (χ4n) is 4.03. The lowest BCUT2D eigenvalue weighted by Crippen LogP contribution is -2.06. The van der Waals surface area contributed by atoms with Gasteiger partial charge in [-0.2, -0.15) is 0 Å². The van der Waals surface area contributed by atoms with Gasteiger partial charge in [-0.3, -0.25) is 0 Å². The number of pyridine rings is 2. The number of fused-ring (bicyclic) bond motifs is 6. The van der Waals surface area contributed by atoms with Gasteiger partial charge in [-0.1, -0.05) is 36.4 Å². The summed E-state index contributed by atoms with van der Waals surface area (Å²) < 4.78 is 9.62. The Morgan fingerprint density at radius 3 is 1.69 bits per heavy atom. The Kier molecular flexibility index (Phi) is 5.85. The second-order valence-corrected chi connectivity index (χ2v) is 7.78. The van der Waals surface area contributed by atoms with Crippen LogP contribution in [-0.2, 0) is 9.47 Å². The van der Waals surface area contributed by atoms with E-state index in [9.17, 15) is 9.59 Å². The van der Waals surface area contributed by atoms with Crippen LogP contribution >= 0.6 is 0 Å². The first-order chi connectivity index (χ1) is 17.1. The molecule has 0 saturated carbocycles. The van der Waals surface area contributed by atoms with Crippen LogP contribution < -0.4 is 0 Å². The number of rotatable bonds is 3. The number of carbonyl (C=O) groups excluding carboxylic acids is 2. The van der Waals surface area contributed by atoms with Crippen molar-refractivity contribution in [2.45, 2.75) is 6.92 Å². The van der Waals surface area contributed by atoms with Gasteiger partial charge in [-0.15, -0.1) is 0 Å². The molecule has 6 aromatic rings. The second kappa shape index (κ2) is 9.26. The molecule has 4 heterocycles. The average molecular weight is 466 g/mol. The summed E-state index contributed by atoms with van der Waals surface area (Å²) in [5, 5.41) is 4.13. The third-order valence-electron chi connectivity index (χ3n) is 5.66. The maximum Gasteiger partial charge on any atom is 0.356 e. The fraction of sp³-hybridized carbons (Fsp3) is 0.111. The van der Waals surface area contributed by atoms with Gasteiger partial charge in [0, 0.05) is 32.6 Å². The Bertz CT molecular complexity index is 1700. The number of H-pyrrole nitrogens is 2. The van der Waals surface area contributed by atoms with Crippen LogP contribution in [0, 0.1) is 0 Å². The SMILES string of the molecule is CCOC(=O)c1cc2c(cn1)[nH]c1ccccc12.COC(=O)c1cc2c(cn1)[nH]c1ccccc12. The first-order valence-electron chi connectivity index (χ1n) is 11.1. The number of esters is 2. The van der Waals surface area contributed by atoms with Crippen LogP contribution in [0.25, 0.3) is 43.6 Å². The number of aromatic nitrogens is 4. The van der Waals surface area contributed by atoms with Gasteiger partial charge < -0.3 is 19.4 Å². The van der Waals surface area contributed by atoms with E-state index in [0.29, 0.717) is 18.0 Å². The number of nitrogens with zero attached hydrogens (tertiary/aromatic N) is 2. The molecule has 2 aromatic carbocycles. The van der Waals surface area contributed by atoms with Crippen LogP contribution in [0.15, 0.2) is 73.1 Å². The molecular formula is C27H22N4O4. The molecule has 0 aliphatic carbocycles. The standard InChI is InChI=1S/C14H12N2O2.C13H10N2O2/c1-2-18-14(17)12-7-10-9-5-3-4-6-11(9)16-13(10)8-15-12;1-17-13(16)11-6-9-8-4-2-3-5-10(8)15-12(9)7-14-11/h3-8,16H,2H2,1H3;2-7,15H,1H3. The number of benzene rings is 2. The largest absolute Gasteiger partial charge is 0.464 e. The molecule has 0 amide bonds. The van der Waals surface area contributed by atoms with Crippen molar-refractivity contribution in [3.8, 4) is 0 Å². The Morgan fingerprint density at radius 1 is 0.714 bits per heavy atom. The Labute approximate surface area is 199 Å². The Morgan fingerprint density at radius 2 is 1.20 bits per heavy atom. The minimum absolute atomic E-state index is 0.324. The highest BCUT2D eigenvalue weighted by atomic mass is 16.5. The van der Waals surface area contributed by atoms with E-state index in [1.165, 1.54) is 7.11 Å². The third kappa shape index (κ3) is 4.17. The van der Waals surface area contributed by atoms with E-state index in [0.717, 1.165) is 43.6 Å². The summed E-state index contributed by atoms with van der Waals surface area (Å²) in [6, 6.07) is 19.4. The fourth-order valence-corrected chi connectivity index (χ4v) is 4.03. The summed E-state index contributed by atoms with van der Waals surface area (Å²) in [7, 11) is 1.35. The number of nitrogens with one attached hydrogen (secondary N) is 2. The van der Waals surface area contributed by atoms with Crippen LogP contribution in [0.2, 0.25) is 0 Å². The number of ether oxygens (including phenoxy) is 2. The predicted octanol–water partition coefficient (Wildman–Crippen LogP) is 5.40. The average Bonchev–Trinajstić information content (AvgIpc) is 3.46. The highest BCUT2D eigenvalue weighted by molar-refractivity contribution is 6.09. The zero-order valence-electron chi connectivity index (χ0n) is 19.2. The lowest BCUT2D eigenvalue weighted by Gasteiger charge is -2.00. The van der Waals surface area contributed by atoms with E-state index in [4.69, 9.17) is 4.74 Å². The summed E-state index contributed by atoms with van der Waals surface area (Å²) in [4.78, 5) is 37.8. The molecule has 6 rings (SSSR count). The van der Waals surface area contributed by atoms with Crippen LogP contribution in [0.5, 0.6) is 0 Å². The molecule has 0 aliphatic rings. The van der Waals surface area contributed by atoms with Gasteiger partial charge in [0.05, 0.1) is 37.1 Å². The number of para-hydroxylation sites is 2. The highest BCUT2D eigenvalue weighted by Crippen LogP contribution is 2.26. The van der Waals surface area contributed by atoms with Crippen molar-refractivity contribution in [1.82, 2.24) is 19.9 Å². The first kappa shape index (κ1) is 22.1. The minimum atomic E-state index is -0.419. The highest BCUT2D eigenvalue weighted by Gasteiger charge is 2.12. The van der Waals surface area contributed by atoms with E-state index in [1.807, 2.05) is 48.5 Å². The van der Waals surface area contributed by atoms with Crippen molar-refractivity contribution in [1.29, 1.82) is 0 Å². The number of methoxy groups -OCH3 is 1. The molecule has 0 aliphatic heterocycles. The molecule has 35 heavy (non-hydrogen) atoms. The Hall–Kier alpha value is -4.72. The second-order valence-electron chi connectivity index (χ2n) is 7.78. The van der Waals surface area contributed by atoms with E-state index in [2.05, 4.69) is 24.7 Å². The van der Waals surface area contributed by atoms with Gasteiger partial charge in [0.1, 0.15) is 11.4 Å². The lowest BCUT2D eigenvalue weighted by atomic mass is 10.1. The molecule has 8 nitrogen and oxygen atoms in total. The molecule has 0 unspecified atom stereocenters. The summed E-state index contributed by atoms with van der Waals surface area (Å²) in [5.74, 6) is -0.804. The molecule has 8 heteroatoms. The zero-order valence-corrected chi connectivity index (χ0v) is 19.2. The molecule has 0 fully saturated rings. The van der Waals surface area contributed by atoms with Crippen LogP contribution in [0.1, 0.15) is 27.9 Å². The molecule has 0 atom stereocenters. The summed E-state index contributed by atoms with van der Waals surface area (Å²) in [6.07, 6.45) is 3.32. The molecule has 0 bridgehead atoms. The van der Waals surface area contributed by atoms with Crippen LogP contribution in [-0.4, -0.2) is 45.6 Å². The molecule has 0 radical (unpaired) electrons. The quantitative estimate of drug-likeness (QED) is 0.338. The molecular weight excluding hydrogens is 444 g/mol. The zero-order chi connectivity index (χ0) is 24.4. The van der Waals surface area contributed by atoms with E-state index in [1.54, 1.807) is 31.5 Å². The summed E-state index contributed by atoms with van der Waals surface area (Å²) in [6.45, 7) is 2.13. The number of aromatic amines is 2. The summed E-state index contributed by atoms with van der Waals surface area (Å²) in [5.41, 5.74) is 4.57. The third-order valence-corrected chi connectivity index (χ3v) is 5.66. The smallest absolute Gasteiger partial charge is 0.356 e. The van der Waals surface area contributed by atoms with E-state index < -0.39 is 5.97 Å². The molecule has 0 saturated heterocycles. The molecule has 174 valence electrons. The van der Waals surface area contributed by atoms with Crippen molar-refractivity contribution in [3.05, 3.63) is 84.4 Å². The van der Waals surface area contributed by atoms with E-state index >= 15 is 0 Å². The monoisotopic (exact) mass is 466 g/mol. The van der Waals surface area contributed by atoms with Crippen LogP contribution in [0.3, 0.4) is 0 Å². The number of carbonyl (C=O) groups is 2. The molecule has 2 N–H and O–H groups in total. The normalized spacial score (nSPS) is 10.9. The van der Waals surface area contributed by atoms with Gasteiger partial charge in [0.2, 0.25) is 0 Å². The van der Waals surface area contributed by atoms with Gasteiger partial charge in [-0.05, 0) is 31.2 Å². The predicted molar refractivity (Wildman–Crippen MR) is 134 cm³/mol. The van der Waals surface area contributed by atoms with Crippen molar-refractivity contribution in [3.63, 3.8) is 0 Å². The van der Waals surface area contributed by atoms with Crippen molar-refractivity contribution in [2.24, 2.45) is 0 Å². The van der Waals surface area contributed by atoms with Crippen molar-refractivity contribution < 1.29 is 19.1 Å². The van der Waals surface area contributed by atoms with Gasteiger partial charge >= 0.3 is 11.9 Å². The van der Waals surface area contributed by atoms with Crippen molar-refractivity contribution in [2.75, 3.05) is 13.7 Å². The number of hydrogen-bond acceptors (Lipinski definition) is 6. The lowest BCUT2D eigenvalue weighted by molar-refractivity contribution is 0.0518. The Balaban J connectivity index is 0.000000145. The maximum atomic E-state index is 11.7. The maximum absolute atomic E-state index is 11.7. The molecule has 0 spiro atoms. The summed E-state index contributed by atoms with van der Waals surface area (Å²) >= 11 is 0. The van der Waals surface area contributed by atoms with Gasteiger partial charge in [0.25, 0.3) is 0 Å². The van der Waals surface area contributed by atoms with Crippen LogP contribution in [0.4, 0.5) is 0 Å². The van der Waals surface area contributed by atoms with Gasteiger partial charge in [-0.25, -0.2) is 19.6 Å². The van der Waals surface area contributed by atoms with Crippen molar-refractivity contribution >= 4 is 55.6 Å². The molecule has 4 aromatic heterocycles. The van der Waals surface area contributed by atoms with E-state index in [-0.39, 0.29) is 5.97 Å². The topological polar surface area (TPSA) is 110 Å². The first-order valence-corrected chi connectivity index (χ1v) is 11.1. The van der Waals surface area contributed by atoms with Gasteiger partial charge in [0.15, 0.2) is 0 Å². The number of hydrogen-bond donors (Lipinski definition) is 2.